The minimum atomic E-state index is -0.708. The predicted octanol–water partition coefficient (Wildman–Crippen LogP) is 2.91. The molecule has 0 spiro atoms. The number of rotatable bonds is 8. The Kier molecular flexibility index (Phi) is 7.99. The molecule has 2 amide bonds. The highest BCUT2D eigenvalue weighted by atomic mass is 16.5. The number of hydrogen-bond acceptors (Lipinski definition) is 4. The number of terminal acetylenes is 1. The van der Waals surface area contributed by atoms with E-state index in [1.54, 1.807) is 36.4 Å². The number of carbonyl (C=O) groups is 2. The summed E-state index contributed by atoms with van der Waals surface area (Å²) in [5, 5.41) is 6.75. The van der Waals surface area contributed by atoms with E-state index in [0.717, 1.165) is 11.1 Å². The molecule has 1 atom stereocenters. The van der Waals surface area contributed by atoms with Crippen LogP contribution in [0.3, 0.4) is 0 Å². The summed E-state index contributed by atoms with van der Waals surface area (Å²) in [7, 11) is 0. The van der Waals surface area contributed by atoms with Crippen molar-refractivity contribution >= 4 is 18.0 Å². The van der Waals surface area contributed by atoms with Crippen LogP contribution in [-0.2, 0) is 4.79 Å². The maximum atomic E-state index is 12.5. The van der Waals surface area contributed by atoms with E-state index >= 15 is 0 Å². The first-order valence-corrected chi connectivity index (χ1v) is 9.27. The zero-order valence-electron chi connectivity index (χ0n) is 16.8. The first-order chi connectivity index (χ1) is 13.9. The van der Waals surface area contributed by atoms with Gasteiger partial charge in [0.2, 0.25) is 0 Å². The van der Waals surface area contributed by atoms with E-state index in [1.807, 2.05) is 32.9 Å². The standard InChI is InChI=1S/C23H25N3O3/c1-5-14-29-20-12-8-18(9-13-20)15-24-26-23(28)21(16(2)3)25-22(27)19-10-6-17(4)7-11-19/h1,6-13,15-16,21H,14H2,2-4H3,(H,25,27)(H,26,28). The van der Waals surface area contributed by atoms with Gasteiger partial charge >= 0.3 is 0 Å². The van der Waals surface area contributed by atoms with Crippen LogP contribution >= 0.6 is 0 Å². The van der Waals surface area contributed by atoms with Gasteiger partial charge in [-0.15, -0.1) is 6.42 Å². The lowest BCUT2D eigenvalue weighted by Gasteiger charge is -2.20. The number of hydrazone groups is 1. The molecule has 6 nitrogen and oxygen atoms in total. The van der Waals surface area contributed by atoms with Gasteiger partial charge in [0.15, 0.2) is 0 Å². The summed E-state index contributed by atoms with van der Waals surface area (Å²) in [6, 6.07) is 13.6. The molecule has 2 rings (SSSR count). The van der Waals surface area contributed by atoms with Crippen LogP contribution in [0.4, 0.5) is 0 Å². The molecule has 0 bridgehead atoms. The van der Waals surface area contributed by atoms with Gasteiger partial charge in [-0.3, -0.25) is 9.59 Å². The number of nitrogens with one attached hydrogen (secondary N) is 2. The van der Waals surface area contributed by atoms with Gasteiger partial charge in [-0.2, -0.15) is 5.10 Å². The van der Waals surface area contributed by atoms with Crippen LogP contribution in [0.25, 0.3) is 0 Å². The fourth-order valence-electron chi connectivity index (χ4n) is 2.48. The van der Waals surface area contributed by atoms with Crippen molar-refractivity contribution in [2.24, 2.45) is 11.0 Å². The van der Waals surface area contributed by atoms with Gasteiger partial charge in [0.25, 0.3) is 11.8 Å². The number of hydrogen-bond donors (Lipinski definition) is 2. The highest BCUT2D eigenvalue weighted by molar-refractivity contribution is 5.97. The fourth-order valence-corrected chi connectivity index (χ4v) is 2.48. The first-order valence-electron chi connectivity index (χ1n) is 9.27. The average Bonchev–Trinajstić information content (AvgIpc) is 2.71. The van der Waals surface area contributed by atoms with Crippen molar-refractivity contribution in [1.29, 1.82) is 0 Å². The predicted molar refractivity (Wildman–Crippen MR) is 114 cm³/mol. The third-order valence-electron chi connectivity index (χ3n) is 4.14. The monoisotopic (exact) mass is 391 g/mol. The fraction of sp³-hybridized carbons (Fsp3) is 0.261. The van der Waals surface area contributed by atoms with Crippen molar-refractivity contribution in [3.05, 3.63) is 65.2 Å². The normalized spacial score (nSPS) is 11.7. The quantitative estimate of drug-likeness (QED) is 0.413. The molecule has 0 aliphatic heterocycles. The Morgan fingerprint density at radius 3 is 2.38 bits per heavy atom. The van der Waals surface area contributed by atoms with Crippen LogP contribution in [0.5, 0.6) is 5.75 Å². The Hall–Kier alpha value is -3.59. The van der Waals surface area contributed by atoms with E-state index in [2.05, 4.69) is 21.8 Å². The van der Waals surface area contributed by atoms with E-state index < -0.39 is 6.04 Å². The summed E-state index contributed by atoms with van der Waals surface area (Å²) in [4.78, 5) is 24.9. The molecular weight excluding hydrogens is 366 g/mol. The molecule has 2 aromatic carbocycles. The van der Waals surface area contributed by atoms with Gasteiger partial charge in [-0.05, 0) is 54.8 Å². The topological polar surface area (TPSA) is 79.8 Å². The van der Waals surface area contributed by atoms with Crippen molar-refractivity contribution < 1.29 is 14.3 Å². The highest BCUT2D eigenvalue weighted by Crippen LogP contribution is 2.11. The van der Waals surface area contributed by atoms with Crippen LogP contribution in [-0.4, -0.2) is 30.7 Å². The minimum absolute atomic E-state index is 0.104. The molecule has 1 unspecified atom stereocenters. The lowest BCUT2D eigenvalue weighted by atomic mass is 10.0. The summed E-state index contributed by atoms with van der Waals surface area (Å²) < 4.78 is 5.30. The number of aryl methyl sites for hydroxylation is 1. The van der Waals surface area contributed by atoms with Crippen molar-refractivity contribution in [3.8, 4) is 18.1 Å². The maximum absolute atomic E-state index is 12.5. The molecule has 2 N–H and O–H groups in total. The maximum Gasteiger partial charge on any atom is 0.262 e. The molecule has 0 radical (unpaired) electrons. The van der Waals surface area contributed by atoms with Gasteiger partial charge in [0.05, 0.1) is 6.21 Å². The molecule has 29 heavy (non-hydrogen) atoms. The second-order valence-electron chi connectivity index (χ2n) is 6.86. The summed E-state index contributed by atoms with van der Waals surface area (Å²) in [6.07, 6.45) is 6.67. The second-order valence-corrected chi connectivity index (χ2v) is 6.86. The molecule has 0 fully saturated rings. The number of amides is 2. The Labute approximate surface area is 171 Å². The molecule has 2 aromatic rings. The van der Waals surface area contributed by atoms with Crippen molar-refractivity contribution in [1.82, 2.24) is 10.7 Å². The van der Waals surface area contributed by atoms with Gasteiger partial charge in [0.1, 0.15) is 18.4 Å². The summed E-state index contributed by atoms with van der Waals surface area (Å²) in [5.41, 5.74) is 4.83. The van der Waals surface area contributed by atoms with E-state index in [4.69, 9.17) is 11.2 Å². The van der Waals surface area contributed by atoms with Gasteiger partial charge in [-0.1, -0.05) is 37.5 Å². The number of benzene rings is 2. The zero-order chi connectivity index (χ0) is 21.2. The van der Waals surface area contributed by atoms with E-state index in [-0.39, 0.29) is 24.3 Å². The highest BCUT2D eigenvalue weighted by Gasteiger charge is 2.24. The zero-order valence-corrected chi connectivity index (χ0v) is 16.8. The molecule has 0 saturated heterocycles. The summed E-state index contributed by atoms with van der Waals surface area (Å²) >= 11 is 0. The largest absolute Gasteiger partial charge is 0.481 e. The molecule has 0 aromatic heterocycles. The average molecular weight is 391 g/mol. The van der Waals surface area contributed by atoms with Crippen LogP contribution in [0.1, 0.15) is 35.3 Å². The smallest absolute Gasteiger partial charge is 0.262 e. The van der Waals surface area contributed by atoms with E-state index in [9.17, 15) is 9.59 Å². The van der Waals surface area contributed by atoms with Crippen LogP contribution < -0.4 is 15.5 Å². The van der Waals surface area contributed by atoms with Crippen LogP contribution in [0.2, 0.25) is 0 Å². The van der Waals surface area contributed by atoms with E-state index in [1.165, 1.54) is 6.21 Å². The molecule has 0 aliphatic carbocycles. The number of ether oxygens (including phenoxy) is 1. The summed E-state index contributed by atoms with van der Waals surface area (Å²) in [5.74, 6) is 2.26. The minimum Gasteiger partial charge on any atom is -0.481 e. The second kappa shape index (κ2) is 10.7. The molecule has 0 heterocycles. The Morgan fingerprint density at radius 2 is 1.79 bits per heavy atom. The van der Waals surface area contributed by atoms with Crippen LogP contribution in [0, 0.1) is 25.2 Å². The molecular formula is C23H25N3O3. The molecule has 150 valence electrons. The van der Waals surface area contributed by atoms with Crippen molar-refractivity contribution in [2.75, 3.05) is 6.61 Å². The first kappa shape index (κ1) is 21.7. The van der Waals surface area contributed by atoms with Gasteiger partial charge in [0, 0.05) is 5.56 Å². The molecule has 0 saturated carbocycles. The van der Waals surface area contributed by atoms with Crippen molar-refractivity contribution in [3.63, 3.8) is 0 Å². The van der Waals surface area contributed by atoms with Gasteiger partial charge < -0.3 is 10.1 Å². The molecule has 6 heteroatoms. The van der Waals surface area contributed by atoms with E-state index in [0.29, 0.717) is 11.3 Å². The molecule has 0 aliphatic rings. The Bertz CT molecular complexity index is 894. The lowest BCUT2D eigenvalue weighted by Crippen LogP contribution is -2.48. The number of carbonyl (C=O) groups excluding carboxylic acids is 2. The van der Waals surface area contributed by atoms with Crippen molar-refractivity contribution in [2.45, 2.75) is 26.8 Å². The third-order valence-corrected chi connectivity index (χ3v) is 4.14. The van der Waals surface area contributed by atoms with Crippen LogP contribution in [0.15, 0.2) is 53.6 Å². The third kappa shape index (κ3) is 6.82. The van der Waals surface area contributed by atoms with Gasteiger partial charge in [-0.25, -0.2) is 5.43 Å². The Morgan fingerprint density at radius 1 is 1.14 bits per heavy atom. The Balaban J connectivity index is 1.95. The number of nitrogens with zero attached hydrogens (tertiary/aromatic N) is 1. The SMILES string of the molecule is C#CCOc1ccc(C=NNC(=O)C(NC(=O)c2ccc(C)cc2)C(C)C)cc1. The lowest BCUT2D eigenvalue weighted by molar-refractivity contribution is -0.123. The summed E-state index contributed by atoms with van der Waals surface area (Å²) in [6.45, 7) is 5.87.